The van der Waals surface area contributed by atoms with Crippen molar-refractivity contribution in [2.45, 2.75) is 20.3 Å². The molecule has 0 aromatic carbocycles. The van der Waals surface area contributed by atoms with E-state index in [-0.39, 0.29) is 0 Å². The molecule has 1 atom stereocenters. The van der Waals surface area contributed by atoms with Crippen molar-refractivity contribution in [3.8, 4) is 0 Å². The van der Waals surface area contributed by atoms with Crippen LogP contribution in [0.15, 0.2) is 24.0 Å². The molecule has 0 aromatic heterocycles. The summed E-state index contributed by atoms with van der Waals surface area (Å²) in [6.45, 7) is 10.3. The van der Waals surface area contributed by atoms with E-state index in [0.717, 1.165) is 0 Å². The zero-order valence-corrected chi connectivity index (χ0v) is 7.09. The Kier molecular flexibility index (Phi) is 5.14. The summed E-state index contributed by atoms with van der Waals surface area (Å²) in [4.78, 5) is 1.46. The van der Waals surface area contributed by atoms with Crippen molar-refractivity contribution in [3.63, 3.8) is 0 Å². The Morgan fingerprint density at radius 3 is 2.36 bits per heavy atom. The molecule has 0 amide bonds. The molecule has 1 rings (SSSR count). The van der Waals surface area contributed by atoms with Crippen molar-refractivity contribution >= 4 is 0 Å². The maximum Gasteiger partial charge on any atom is 0.102 e. The fourth-order valence-corrected chi connectivity index (χ4v) is 0.988. The van der Waals surface area contributed by atoms with Crippen LogP contribution in [0.2, 0.25) is 0 Å². The minimum Gasteiger partial charge on any atom is -0.512 e. The monoisotopic (exact) mass is 150 g/mol. The van der Waals surface area contributed by atoms with Gasteiger partial charge < -0.3 is 11.8 Å². The molecular formula is C9H14N2. The first-order chi connectivity index (χ1) is 5.36. The van der Waals surface area contributed by atoms with Gasteiger partial charge in [-0.2, -0.15) is 0 Å². The van der Waals surface area contributed by atoms with E-state index in [9.17, 15) is 0 Å². The second-order valence-electron chi connectivity index (χ2n) is 2.33. The summed E-state index contributed by atoms with van der Waals surface area (Å²) < 4.78 is 0. The summed E-state index contributed by atoms with van der Waals surface area (Å²) in [5.41, 5.74) is 1.46. The van der Waals surface area contributed by atoms with Crippen LogP contribution in [0.25, 0.3) is 0 Å². The Labute approximate surface area is 68.4 Å². The molecule has 2 heteroatoms. The van der Waals surface area contributed by atoms with Crippen molar-refractivity contribution in [1.29, 1.82) is 5.26 Å². The van der Waals surface area contributed by atoms with Gasteiger partial charge in [-0.1, -0.05) is 6.92 Å². The van der Waals surface area contributed by atoms with Gasteiger partial charge in [0, 0.05) is 11.6 Å². The lowest BCUT2D eigenvalue weighted by molar-refractivity contribution is -0.785. The second-order valence-corrected chi connectivity index (χ2v) is 2.33. The molecule has 1 aliphatic rings. The summed E-state index contributed by atoms with van der Waals surface area (Å²) in [5.74, 6) is 0. The summed E-state index contributed by atoms with van der Waals surface area (Å²) in [7, 11) is 0. The lowest BCUT2D eigenvalue weighted by Gasteiger charge is -1.99. The van der Waals surface area contributed by atoms with Crippen LogP contribution in [0, 0.1) is 11.8 Å². The Balaban J connectivity index is 0.000000461. The van der Waals surface area contributed by atoms with Gasteiger partial charge in [0.2, 0.25) is 0 Å². The van der Waals surface area contributed by atoms with Gasteiger partial charge in [0.15, 0.2) is 0 Å². The van der Waals surface area contributed by atoms with Crippen LogP contribution in [0.1, 0.15) is 20.3 Å². The Hall–Kier alpha value is -1.07. The fourth-order valence-electron chi connectivity index (χ4n) is 0.988. The summed E-state index contributed by atoms with van der Waals surface area (Å²) in [5, 5.41) is 6.25. The smallest absolute Gasteiger partial charge is 0.102 e. The summed E-state index contributed by atoms with van der Waals surface area (Å²) in [6.07, 6.45) is 7.86. The lowest BCUT2D eigenvalue weighted by atomic mass is 10.2. The van der Waals surface area contributed by atoms with Gasteiger partial charge in [0.1, 0.15) is 6.20 Å². The predicted octanol–water partition coefficient (Wildman–Crippen LogP) is 0.809. The van der Waals surface area contributed by atoms with Crippen LogP contribution in [0.3, 0.4) is 0 Å². The van der Waals surface area contributed by atoms with E-state index >= 15 is 0 Å². The van der Waals surface area contributed by atoms with Gasteiger partial charge in [0.25, 0.3) is 0 Å². The van der Waals surface area contributed by atoms with Crippen LogP contribution in [-0.2, 0) is 0 Å². The highest BCUT2D eigenvalue weighted by atomic mass is 15.1. The normalized spacial score (nSPS) is 20.4. The molecule has 1 unspecified atom stereocenters. The molecule has 0 fully saturated rings. The molecule has 11 heavy (non-hydrogen) atoms. The third-order valence-corrected chi connectivity index (χ3v) is 1.70. The van der Waals surface area contributed by atoms with Crippen molar-refractivity contribution in [2.24, 2.45) is 0 Å². The van der Waals surface area contributed by atoms with Crippen LogP contribution in [-0.4, -0.2) is 6.54 Å². The van der Waals surface area contributed by atoms with Gasteiger partial charge in [-0.05, 0) is 13.3 Å². The minimum absolute atomic E-state index is 1.17. The first-order valence-electron chi connectivity index (χ1n) is 3.83. The Morgan fingerprint density at radius 2 is 2.09 bits per heavy atom. The number of rotatable bonds is 2. The number of allylic oxidation sites excluding steroid dienone is 2. The van der Waals surface area contributed by atoms with Crippen LogP contribution in [0.5, 0.6) is 0 Å². The average Bonchev–Trinajstić information content (AvgIpc) is 2.55. The predicted molar refractivity (Wildman–Crippen MR) is 44.0 cm³/mol. The average molecular weight is 150 g/mol. The second kappa shape index (κ2) is 5.70. The van der Waals surface area contributed by atoms with E-state index in [2.05, 4.69) is 32.3 Å². The topological polar surface area (TPSA) is 28.2 Å². The molecule has 1 aliphatic heterocycles. The molecule has 1 heterocycles. The number of hydrogen-bond donors (Lipinski definition) is 1. The van der Waals surface area contributed by atoms with Crippen molar-refractivity contribution in [3.05, 3.63) is 30.6 Å². The van der Waals surface area contributed by atoms with Gasteiger partial charge in [-0.25, -0.2) is 0 Å². The number of quaternary nitrogens is 1. The highest BCUT2D eigenvalue weighted by molar-refractivity contribution is 5.17. The fraction of sp³-hybridized carbons (Fsp3) is 0.444. The number of nitrogens with one attached hydrogen (secondary N) is 1. The molecule has 0 radical (unpaired) electrons. The standard InChI is InChI=1S/C8H13N.CN/c1-3-8-5-6-9(4-2)7-8;1-2/h5-7H,3-4H2,1-2H3;/q;-1/p+1. The highest BCUT2D eigenvalue weighted by Crippen LogP contribution is 2.00. The molecule has 1 N–H and O–H groups in total. The van der Waals surface area contributed by atoms with E-state index in [4.69, 9.17) is 11.8 Å². The largest absolute Gasteiger partial charge is 0.512 e. The molecule has 60 valence electrons. The Morgan fingerprint density at radius 1 is 1.45 bits per heavy atom. The molecule has 0 aromatic rings. The summed E-state index contributed by atoms with van der Waals surface area (Å²) >= 11 is 0. The van der Waals surface area contributed by atoms with Crippen LogP contribution in [0.4, 0.5) is 0 Å². The zero-order chi connectivity index (χ0) is 8.69. The molecular weight excluding hydrogens is 136 g/mol. The lowest BCUT2D eigenvalue weighted by Crippen LogP contribution is -3.01. The van der Waals surface area contributed by atoms with E-state index < -0.39 is 0 Å². The van der Waals surface area contributed by atoms with E-state index in [1.165, 1.54) is 23.4 Å². The van der Waals surface area contributed by atoms with Crippen molar-refractivity contribution in [1.82, 2.24) is 0 Å². The van der Waals surface area contributed by atoms with Crippen LogP contribution < -0.4 is 4.90 Å². The van der Waals surface area contributed by atoms with Gasteiger partial charge in [-0.15, -0.1) is 0 Å². The molecule has 0 bridgehead atoms. The van der Waals surface area contributed by atoms with Gasteiger partial charge in [-0.3, -0.25) is 4.90 Å². The minimum atomic E-state index is 1.17. The van der Waals surface area contributed by atoms with Gasteiger partial charge >= 0.3 is 0 Å². The molecule has 0 saturated carbocycles. The third kappa shape index (κ3) is 3.01. The van der Waals surface area contributed by atoms with Crippen molar-refractivity contribution in [2.75, 3.05) is 6.54 Å². The van der Waals surface area contributed by atoms with E-state index in [1.807, 2.05) is 0 Å². The molecule has 0 aliphatic carbocycles. The summed E-state index contributed by atoms with van der Waals surface area (Å²) in [6, 6.07) is 0. The van der Waals surface area contributed by atoms with Gasteiger partial charge in [0.05, 0.1) is 12.7 Å². The zero-order valence-electron chi connectivity index (χ0n) is 7.09. The SMILES string of the molecule is CCC1=C[NH+](CC)C=C1.[C-]#N. The molecule has 2 nitrogen and oxygen atoms in total. The maximum atomic E-state index is 6.25. The van der Waals surface area contributed by atoms with Crippen molar-refractivity contribution < 1.29 is 4.90 Å². The van der Waals surface area contributed by atoms with Crippen LogP contribution >= 0.6 is 0 Å². The Bertz CT molecular complexity index is 177. The molecule has 0 spiro atoms. The quantitative estimate of drug-likeness (QED) is 0.580. The first-order valence-corrected chi connectivity index (χ1v) is 3.83. The first kappa shape index (κ1) is 9.93. The molecule has 0 saturated heterocycles. The van der Waals surface area contributed by atoms with E-state index in [1.54, 1.807) is 0 Å². The highest BCUT2D eigenvalue weighted by Gasteiger charge is 2.05. The number of hydrogen-bond acceptors (Lipinski definition) is 1. The third-order valence-electron chi connectivity index (χ3n) is 1.70. The number of nitrogens with zero attached hydrogens (tertiary/aromatic N) is 1. The van der Waals surface area contributed by atoms with E-state index in [0.29, 0.717) is 0 Å². The maximum absolute atomic E-state index is 6.25.